The maximum absolute atomic E-state index is 13.3. The Labute approximate surface area is 220 Å². The van der Waals surface area contributed by atoms with Gasteiger partial charge in [-0.05, 0) is 42.8 Å². The number of aromatic nitrogens is 2. The van der Waals surface area contributed by atoms with E-state index >= 15 is 0 Å². The van der Waals surface area contributed by atoms with Crippen molar-refractivity contribution >= 4 is 17.8 Å². The summed E-state index contributed by atoms with van der Waals surface area (Å²) in [6.07, 6.45) is 1.89. The standard InChI is InChI=1S/C29H28N4O5/c1-20-7-6-10-23(15-20)33-17-24(21-8-4-3-5-9-21)30-29(33)31-27(34)18-32(13-14-36-2)28(35)22-11-12-25-26(16-22)38-19-37-25/h3-12,15-17H,13-14,18-19H2,1-2H3,(H,30,31,34). The summed E-state index contributed by atoms with van der Waals surface area (Å²) >= 11 is 0. The predicted octanol–water partition coefficient (Wildman–Crippen LogP) is 4.30. The first-order valence-corrected chi connectivity index (χ1v) is 12.2. The van der Waals surface area contributed by atoms with Crippen LogP contribution in [0.1, 0.15) is 15.9 Å². The Balaban J connectivity index is 1.39. The van der Waals surface area contributed by atoms with Gasteiger partial charge < -0.3 is 19.1 Å². The molecule has 0 radical (unpaired) electrons. The fourth-order valence-corrected chi connectivity index (χ4v) is 4.19. The number of carbonyl (C=O) groups is 2. The fraction of sp³-hybridized carbons (Fsp3) is 0.207. The van der Waals surface area contributed by atoms with Gasteiger partial charge in [-0.3, -0.25) is 19.5 Å². The topological polar surface area (TPSA) is 94.9 Å². The van der Waals surface area contributed by atoms with Gasteiger partial charge in [0.2, 0.25) is 18.6 Å². The van der Waals surface area contributed by atoms with Crippen LogP contribution in [0.25, 0.3) is 16.9 Å². The highest BCUT2D eigenvalue weighted by atomic mass is 16.7. The van der Waals surface area contributed by atoms with E-state index in [1.54, 1.807) is 25.3 Å². The third kappa shape index (κ3) is 5.52. The smallest absolute Gasteiger partial charge is 0.254 e. The molecule has 0 saturated heterocycles. The molecule has 1 aromatic heterocycles. The third-order valence-corrected chi connectivity index (χ3v) is 6.11. The monoisotopic (exact) mass is 512 g/mol. The quantitative estimate of drug-likeness (QED) is 0.359. The van der Waals surface area contributed by atoms with E-state index in [1.165, 1.54) is 4.90 Å². The molecule has 1 aliphatic rings. The summed E-state index contributed by atoms with van der Waals surface area (Å²) in [5.41, 5.74) is 3.98. The molecule has 194 valence electrons. The Morgan fingerprint density at radius 1 is 1.03 bits per heavy atom. The van der Waals surface area contributed by atoms with Crippen molar-refractivity contribution in [2.45, 2.75) is 6.92 Å². The maximum atomic E-state index is 13.3. The minimum atomic E-state index is -0.380. The second-order valence-electron chi connectivity index (χ2n) is 8.86. The zero-order valence-electron chi connectivity index (χ0n) is 21.2. The van der Waals surface area contributed by atoms with Crippen LogP contribution in [0.4, 0.5) is 5.95 Å². The van der Waals surface area contributed by atoms with E-state index in [0.717, 1.165) is 22.5 Å². The number of fused-ring (bicyclic) bond motifs is 1. The minimum Gasteiger partial charge on any atom is -0.454 e. The van der Waals surface area contributed by atoms with Crippen LogP contribution >= 0.6 is 0 Å². The summed E-state index contributed by atoms with van der Waals surface area (Å²) in [5.74, 6) is 0.749. The molecule has 2 amide bonds. The molecule has 3 aromatic carbocycles. The largest absolute Gasteiger partial charge is 0.454 e. The van der Waals surface area contributed by atoms with Gasteiger partial charge in [0.05, 0.1) is 12.3 Å². The molecule has 0 unspecified atom stereocenters. The first-order valence-electron chi connectivity index (χ1n) is 12.2. The highest BCUT2D eigenvalue weighted by molar-refractivity contribution is 5.99. The second kappa shape index (κ2) is 11.2. The number of ether oxygens (including phenoxy) is 3. The lowest BCUT2D eigenvalue weighted by Gasteiger charge is -2.22. The SMILES string of the molecule is COCCN(CC(=O)Nc1nc(-c2ccccc2)cn1-c1cccc(C)c1)C(=O)c1ccc2c(c1)OCO2. The van der Waals surface area contributed by atoms with Crippen molar-refractivity contribution in [3.63, 3.8) is 0 Å². The normalized spacial score (nSPS) is 11.8. The van der Waals surface area contributed by atoms with Crippen molar-refractivity contribution < 1.29 is 23.8 Å². The van der Waals surface area contributed by atoms with Crippen LogP contribution in [0.5, 0.6) is 11.5 Å². The Bertz CT molecular complexity index is 1450. The number of aryl methyl sites for hydroxylation is 1. The van der Waals surface area contributed by atoms with Crippen LogP contribution < -0.4 is 14.8 Å². The van der Waals surface area contributed by atoms with E-state index in [0.29, 0.717) is 23.0 Å². The Kier molecular flexibility index (Phi) is 7.37. The van der Waals surface area contributed by atoms with Crippen LogP contribution in [-0.2, 0) is 9.53 Å². The zero-order valence-corrected chi connectivity index (χ0v) is 21.2. The van der Waals surface area contributed by atoms with Crippen molar-refractivity contribution in [1.82, 2.24) is 14.5 Å². The van der Waals surface area contributed by atoms with Crippen molar-refractivity contribution in [1.29, 1.82) is 0 Å². The first kappa shape index (κ1) is 25.0. The number of nitrogens with one attached hydrogen (secondary N) is 1. The molecule has 5 rings (SSSR count). The van der Waals surface area contributed by atoms with E-state index in [-0.39, 0.29) is 38.3 Å². The Morgan fingerprint density at radius 2 is 1.84 bits per heavy atom. The lowest BCUT2D eigenvalue weighted by Crippen LogP contribution is -2.40. The Hall–Kier alpha value is -4.63. The molecule has 0 fully saturated rings. The van der Waals surface area contributed by atoms with E-state index in [9.17, 15) is 9.59 Å². The number of imidazole rings is 1. The number of rotatable bonds is 9. The summed E-state index contributed by atoms with van der Waals surface area (Å²) < 4.78 is 17.8. The molecule has 0 spiro atoms. The van der Waals surface area contributed by atoms with Crippen LogP contribution in [0.3, 0.4) is 0 Å². The van der Waals surface area contributed by atoms with Gasteiger partial charge in [-0.25, -0.2) is 4.98 Å². The number of carbonyl (C=O) groups excluding carboxylic acids is 2. The minimum absolute atomic E-state index is 0.112. The molecule has 2 heterocycles. The third-order valence-electron chi connectivity index (χ3n) is 6.11. The molecule has 1 N–H and O–H groups in total. The highest BCUT2D eigenvalue weighted by Crippen LogP contribution is 2.33. The molecule has 0 aliphatic carbocycles. The number of benzene rings is 3. The number of nitrogens with zero attached hydrogens (tertiary/aromatic N) is 3. The molecule has 0 saturated carbocycles. The van der Waals surface area contributed by atoms with Crippen molar-refractivity contribution in [3.8, 4) is 28.4 Å². The van der Waals surface area contributed by atoms with Gasteiger partial charge in [0.25, 0.3) is 5.91 Å². The predicted molar refractivity (Wildman–Crippen MR) is 143 cm³/mol. The van der Waals surface area contributed by atoms with Crippen molar-refractivity contribution in [3.05, 3.63) is 90.1 Å². The lowest BCUT2D eigenvalue weighted by atomic mass is 10.1. The number of methoxy groups -OCH3 is 1. The maximum Gasteiger partial charge on any atom is 0.254 e. The fourth-order valence-electron chi connectivity index (χ4n) is 4.19. The Morgan fingerprint density at radius 3 is 2.63 bits per heavy atom. The molecule has 9 heteroatoms. The average molecular weight is 513 g/mol. The average Bonchev–Trinajstić information content (AvgIpc) is 3.58. The molecular weight excluding hydrogens is 484 g/mol. The molecule has 4 aromatic rings. The van der Waals surface area contributed by atoms with Gasteiger partial charge in [-0.15, -0.1) is 0 Å². The summed E-state index contributed by atoms with van der Waals surface area (Å²) in [7, 11) is 1.55. The molecule has 38 heavy (non-hydrogen) atoms. The van der Waals surface area contributed by atoms with E-state index < -0.39 is 0 Å². The summed E-state index contributed by atoms with van der Waals surface area (Å²) in [6.45, 7) is 2.45. The first-order chi connectivity index (χ1) is 18.5. The van der Waals surface area contributed by atoms with Crippen LogP contribution in [0, 0.1) is 6.92 Å². The molecular formula is C29H28N4O5. The van der Waals surface area contributed by atoms with Crippen LogP contribution in [0.2, 0.25) is 0 Å². The van der Waals surface area contributed by atoms with E-state index in [4.69, 9.17) is 19.2 Å². The molecule has 0 atom stereocenters. The molecule has 0 bridgehead atoms. The summed E-state index contributed by atoms with van der Waals surface area (Å²) in [4.78, 5) is 32.7. The number of hydrogen-bond donors (Lipinski definition) is 1. The number of amides is 2. The summed E-state index contributed by atoms with van der Waals surface area (Å²) in [6, 6.07) is 22.6. The van der Waals surface area contributed by atoms with Crippen LogP contribution in [-0.4, -0.2) is 59.9 Å². The number of hydrogen-bond acceptors (Lipinski definition) is 6. The van der Waals surface area contributed by atoms with Gasteiger partial charge in [0.15, 0.2) is 11.5 Å². The van der Waals surface area contributed by atoms with Crippen molar-refractivity contribution in [2.75, 3.05) is 38.9 Å². The van der Waals surface area contributed by atoms with Crippen LogP contribution in [0.15, 0.2) is 79.0 Å². The van der Waals surface area contributed by atoms with Gasteiger partial charge in [0, 0.05) is 36.7 Å². The zero-order chi connectivity index (χ0) is 26.5. The van der Waals surface area contributed by atoms with Crippen molar-refractivity contribution in [2.24, 2.45) is 0 Å². The van der Waals surface area contributed by atoms with Gasteiger partial charge in [-0.1, -0.05) is 42.5 Å². The van der Waals surface area contributed by atoms with Gasteiger partial charge in [-0.2, -0.15) is 0 Å². The molecule has 1 aliphatic heterocycles. The van der Waals surface area contributed by atoms with Gasteiger partial charge in [0.1, 0.15) is 6.54 Å². The van der Waals surface area contributed by atoms with E-state index in [2.05, 4.69) is 5.32 Å². The lowest BCUT2D eigenvalue weighted by molar-refractivity contribution is -0.117. The second-order valence-corrected chi connectivity index (χ2v) is 8.86. The molecule has 9 nitrogen and oxygen atoms in total. The van der Waals surface area contributed by atoms with E-state index in [1.807, 2.05) is 72.3 Å². The number of anilines is 1. The van der Waals surface area contributed by atoms with Gasteiger partial charge >= 0.3 is 0 Å². The highest BCUT2D eigenvalue weighted by Gasteiger charge is 2.23. The summed E-state index contributed by atoms with van der Waals surface area (Å²) in [5, 5.41) is 2.91.